The van der Waals surface area contributed by atoms with Crippen LogP contribution in [0.3, 0.4) is 0 Å². The molecule has 0 bridgehead atoms. The van der Waals surface area contributed by atoms with E-state index in [1.54, 1.807) is 0 Å². The molecule has 1 fully saturated rings. The number of anilines is 1. The molecule has 5 heteroatoms. The molecule has 1 heterocycles. The van der Waals surface area contributed by atoms with Crippen LogP contribution in [-0.2, 0) is 0 Å². The topological polar surface area (TPSA) is 38.8 Å². The van der Waals surface area contributed by atoms with Gasteiger partial charge in [0.25, 0.3) is 0 Å². The average molecular weight is 347 g/mol. The highest BCUT2D eigenvalue weighted by atomic mass is 16.2. The zero-order chi connectivity index (χ0) is 18.2. The molecule has 2 rings (SSSR count). The Bertz CT molecular complexity index is 519. The average Bonchev–Trinajstić information content (AvgIpc) is 2.64. The van der Waals surface area contributed by atoms with Gasteiger partial charge in [0.1, 0.15) is 0 Å². The Morgan fingerprint density at radius 1 is 1.08 bits per heavy atom. The zero-order valence-electron chi connectivity index (χ0n) is 16.3. The fourth-order valence-electron chi connectivity index (χ4n) is 3.49. The number of hydrogen-bond donors (Lipinski definition) is 1. The summed E-state index contributed by atoms with van der Waals surface area (Å²) in [5.41, 5.74) is 2.49. The van der Waals surface area contributed by atoms with Gasteiger partial charge in [0.15, 0.2) is 0 Å². The SMILES string of the molecule is CCN(CC)C(=O)NCC(c1ccc(N(C)C)cc1)N1CCCCC1. The first-order chi connectivity index (χ1) is 12.1. The number of nitrogens with one attached hydrogen (secondary N) is 1. The Morgan fingerprint density at radius 3 is 2.20 bits per heavy atom. The summed E-state index contributed by atoms with van der Waals surface area (Å²) in [5, 5.41) is 3.15. The molecule has 1 aromatic rings. The van der Waals surface area contributed by atoms with Crippen LogP contribution in [-0.4, -0.2) is 62.7 Å². The summed E-state index contributed by atoms with van der Waals surface area (Å²) in [6.07, 6.45) is 3.81. The molecule has 0 aliphatic carbocycles. The van der Waals surface area contributed by atoms with E-state index in [4.69, 9.17) is 0 Å². The van der Waals surface area contributed by atoms with Crippen LogP contribution in [0.15, 0.2) is 24.3 Å². The molecule has 25 heavy (non-hydrogen) atoms. The summed E-state index contributed by atoms with van der Waals surface area (Å²) >= 11 is 0. The second kappa shape index (κ2) is 9.66. The lowest BCUT2D eigenvalue weighted by atomic mass is 10.0. The maximum atomic E-state index is 12.4. The third-order valence-electron chi connectivity index (χ3n) is 5.12. The van der Waals surface area contributed by atoms with E-state index in [0.29, 0.717) is 6.54 Å². The van der Waals surface area contributed by atoms with Crippen molar-refractivity contribution in [1.29, 1.82) is 0 Å². The van der Waals surface area contributed by atoms with E-state index >= 15 is 0 Å². The molecule has 1 unspecified atom stereocenters. The number of likely N-dealkylation sites (tertiary alicyclic amines) is 1. The van der Waals surface area contributed by atoms with Gasteiger partial charge in [-0.25, -0.2) is 4.79 Å². The van der Waals surface area contributed by atoms with Crippen molar-refractivity contribution in [2.75, 3.05) is 51.7 Å². The van der Waals surface area contributed by atoms with Crippen molar-refractivity contribution in [3.05, 3.63) is 29.8 Å². The largest absolute Gasteiger partial charge is 0.378 e. The van der Waals surface area contributed by atoms with Gasteiger partial charge in [-0.2, -0.15) is 0 Å². The number of piperidine rings is 1. The van der Waals surface area contributed by atoms with Crippen molar-refractivity contribution >= 4 is 11.7 Å². The van der Waals surface area contributed by atoms with Gasteiger partial charge in [-0.1, -0.05) is 18.6 Å². The Morgan fingerprint density at radius 2 is 1.68 bits per heavy atom. The number of carbonyl (C=O) groups is 1. The number of nitrogens with zero attached hydrogens (tertiary/aromatic N) is 3. The highest BCUT2D eigenvalue weighted by molar-refractivity contribution is 5.74. The number of hydrogen-bond acceptors (Lipinski definition) is 3. The van der Waals surface area contributed by atoms with Crippen molar-refractivity contribution in [3.8, 4) is 0 Å². The third-order valence-corrected chi connectivity index (χ3v) is 5.12. The molecule has 1 saturated heterocycles. The molecule has 0 aromatic heterocycles. The lowest BCUT2D eigenvalue weighted by Gasteiger charge is -2.35. The first-order valence-electron chi connectivity index (χ1n) is 9.60. The van der Waals surface area contributed by atoms with Gasteiger partial charge >= 0.3 is 6.03 Å². The monoisotopic (exact) mass is 346 g/mol. The predicted octanol–water partition coefficient (Wildman–Crippen LogP) is 3.33. The van der Waals surface area contributed by atoms with Crippen LogP contribution in [0, 0.1) is 0 Å². The van der Waals surface area contributed by atoms with Gasteiger partial charge in [-0.3, -0.25) is 4.90 Å². The van der Waals surface area contributed by atoms with E-state index in [1.165, 1.54) is 30.5 Å². The lowest BCUT2D eigenvalue weighted by molar-refractivity contribution is 0.155. The molecule has 1 aromatic carbocycles. The van der Waals surface area contributed by atoms with E-state index in [9.17, 15) is 4.79 Å². The Labute approximate surface area is 153 Å². The first kappa shape index (κ1) is 19.6. The summed E-state index contributed by atoms with van der Waals surface area (Å²) in [5.74, 6) is 0. The summed E-state index contributed by atoms with van der Waals surface area (Å²) in [6, 6.07) is 9.03. The minimum Gasteiger partial charge on any atom is -0.378 e. The maximum Gasteiger partial charge on any atom is 0.317 e. The first-order valence-corrected chi connectivity index (χ1v) is 9.60. The van der Waals surface area contributed by atoms with Crippen molar-refractivity contribution in [1.82, 2.24) is 15.1 Å². The molecule has 0 spiro atoms. The number of urea groups is 1. The maximum absolute atomic E-state index is 12.4. The van der Waals surface area contributed by atoms with Crippen molar-refractivity contribution in [2.45, 2.75) is 39.2 Å². The molecule has 1 atom stereocenters. The molecule has 140 valence electrons. The fraction of sp³-hybridized carbons (Fsp3) is 0.650. The van der Waals surface area contributed by atoms with E-state index in [-0.39, 0.29) is 12.1 Å². The number of amides is 2. The number of carbonyl (C=O) groups excluding carboxylic acids is 1. The van der Waals surface area contributed by atoms with Gasteiger partial charge in [-0.05, 0) is 57.5 Å². The minimum atomic E-state index is 0.0388. The molecule has 2 amide bonds. The summed E-state index contributed by atoms with van der Waals surface area (Å²) in [7, 11) is 4.11. The van der Waals surface area contributed by atoms with Gasteiger partial charge in [0.05, 0.1) is 6.04 Å². The molecule has 1 N–H and O–H groups in total. The van der Waals surface area contributed by atoms with E-state index in [1.807, 2.05) is 18.7 Å². The minimum absolute atomic E-state index is 0.0388. The fourth-order valence-corrected chi connectivity index (χ4v) is 3.49. The lowest BCUT2D eigenvalue weighted by Crippen LogP contribution is -2.45. The molecular weight excluding hydrogens is 312 g/mol. The summed E-state index contributed by atoms with van der Waals surface area (Å²) < 4.78 is 0. The number of rotatable bonds is 7. The van der Waals surface area contributed by atoms with Crippen LogP contribution >= 0.6 is 0 Å². The number of benzene rings is 1. The molecule has 0 radical (unpaired) electrons. The normalized spacial score (nSPS) is 16.3. The van der Waals surface area contributed by atoms with Gasteiger partial charge < -0.3 is 15.1 Å². The molecule has 5 nitrogen and oxygen atoms in total. The van der Waals surface area contributed by atoms with Crippen molar-refractivity contribution in [2.24, 2.45) is 0 Å². The van der Waals surface area contributed by atoms with Crippen LogP contribution in [0.4, 0.5) is 10.5 Å². The molecular formula is C20H34N4O. The highest BCUT2D eigenvalue weighted by Gasteiger charge is 2.23. The van der Waals surface area contributed by atoms with Crippen LogP contribution < -0.4 is 10.2 Å². The van der Waals surface area contributed by atoms with Crippen LogP contribution in [0.25, 0.3) is 0 Å². The smallest absolute Gasteiger partial charge is 0.317 e. The Balaban J connectivity index is 2.11. The van der Waals surface area contributed by atoms with Crippen LogP contribution in [0.1, 0.15) is 44.7 Å². The predicted molar refractivity (Wildman–Crippen MR) is 105 cm³/mol. The molecule has 1 aliphatic rings. The van der Waals surface area contributed by atoms with Gasteiger partial charge in [-0.15, -0.1) is 0 Å². The van der Waals surface area contributed by atoms with E-state index in [0.717, 1.165) is 26.2 Å². The standard InChI is InChI=1S/C20H34N4O/c1-5-23(6-2)20(25)21-16-19(24-14-8-7-9-15-24)17-10-12-18(13-11-17)22(3)4/h10-13,19H,5-9,14-16H2,1-4H3,(H,21,25). The third kappa shape index (κ3) is 5.36. The Hall–Kier alpha value is -1.75. The summed E-state index contributed by atoms with van der Waals surface area (Å²) in [4.78, 5) is 18.8. The zero-order valence-corrected chi connectivity index (χ0v) is 16.3. The van der Waals surface area contributed by atoms with Gasteiger partial charge in [0.2, 0.25) is 0 Å². The molecule has 0 saturated carbocycles. The van der Waals surface area contributed by atoms with Crippen molar-refractivity contribution < 1.29 is 4.79 Å². The van der Waals surface area contributed by atoms with E-state index in [2.05, 4.69) is 53.5 Å². The molecule has 1 aliphatic heterocycles. The summed E-state index contributed by atoms with van der Waals surface area (Å²) in [6.45, 7) is 8.41. The highest BCUT2D eigenvalue weighted by Crippen LogP contribution is 2.26. The van der Waals surface area contributed by atoms with Crippen molar-refractivity contribution in [3.63, 3.8) is 0 Å². The van der Waals surface area contributed by atoms with E-state index < -0.39 is 0 Å². The second-order valence-corrected chi connectivity index (χ2v) is 6.96. The van der Waals surface area contributed by atoms with Crippen LogP contribution in [0.5, 0.6) is 0 Å². The van der Waals surface area contributed by atoms with Crippen LogP contribution in [0.2, 0.25) is 0 Å². The van der Waals surface area contributed by atoms with Gasteiger partial charge in [0, 0.05) is 39.4 Å². The second-order valence-electron chi connectivity index (χ2n) is 6.96. The Kier molecular flexibility index (Phi) is 7.56. The quantitative estimate of drug-likeness (QED) is 0.823.